The van der Waals surface area contributed by atoms with E-state index in [1.807, 2.05) is 24.3 Å². The summed E-state index contributed by atoms with van der Waals surface area (Å²) in [5.41, 5.74) is 2.04. The topological polar surface area (TPSA) is 123 Å². The number of H-pyrrole nitrogens is 1. The van der Waals surface area contributed by atoms with Crippen LogP contribution in [0.3, 0.4) is 0 Å². The van der Waals surface area contributed by atoms with Gasteiger partial charge in [0.15, 0.2) is 10.8 Å². The van der Waals surface area contributed by atoms with Crippen LogP contribution >= 0.6 is 11.3 Å². The number of furan rings is 1. The first-order valence-electron chi connectivity index (χ1n) is 11.4. The lowest BCUT2D eigenvalue weighted by Gasteiger charge is -2.18. The maximum Gasteiger partial charge on any atom is 0.306 e. The molecule has 0 aliphatic rings. The van der Waals surface area contributed by atoms with Crippen molar-refractivity contribution in [2.24, 2.45) is 0 Å². The third kappa shape index (κ3) is 4.55. The summed E-state index contributed by atoms with van der Waals surface area (Å²) in [7, 11) is 1.28. The van der Waals surface area contributed by atoms with Gasteiger partial charge in [-0.2, -0.15) is 0 Å². The Morgan fingerprint density at radius 3 is 2.86 bits per heavy atom. The van der Waals surface area contributed by atoms with E-state index in [1.165, 1.54) is 24.5 Å². The first kappa shape index (κ1) is 23.6. The molecule has 4 aromatic heterocycles. The van der Waals surface area contributed by atoms with Crippen LogP contribution in [0.1, 0.15) is 35.1 Å². The number of carbonyl (C=O) groups is 1. The number of imidazole rings is 1. The smallest absolute Gasteiger partial charge is 0.306 e. The van der Waals surface area contributed by atoms with E-state index < -0.39 is 11.9 Å². The molecule has 0 saturated heterocycles. The van der Waals surface area contributed by atoms with E-state index in [0.29, 0.717) is 35.2 Å². The van der Waals surface area contributed by atoms with Crippen molar-refractivity contribution in [1.29, 1.82) is 0 Å². The number of thiazole rings is 1. The van der Waals surface area contributed by atoms with Gasteiger partial charge in [-0.25, -0.2) is 9.97 Å². The lowest BCUT2D eigenvalue weighted by atomic mass is 9.93. The maximum atomic E-state index is 13.6. The molecule has 184 valence electrons. The molecule has 0 saturated carbocycles. The van der Waals surface area contributed by atoms with Gasteiger partial charge >= 0.3 is 5.97 Å². The van der Waals surface area contributed by atoms with Crippen LogP contribution in [-0.4, -0.2) is 37.7 Å². The number of ether oxygens (including phenoxy) is 1. The van der Waals surface area contributed by atoms with Gasteiger partial charge in [-0.1, -0.05) is 12.1 Å². The van der Waals surface area contributed by atoms with Crippen LogP contribution in [0.25, 0.3) is 21.0 Å². The number of pyridine rings is 1. The van der Waals surface area contributed by atoms with Crippen molar-refractivity contribution in [3.63, 3.8) is 0 Å². The van der Waals surface area contributed by atoms with Gasteiger partial charge in [-0.05, 0) is 37.3 Å². The van der Waals surface area contributed by atoms with Gasteiger partial charge in [0, 0.05) is 30.6 Å². The molecule has 1 aromatic carbocycles. The summed E-state index contributed by atoms with van der Waals surface area (Å²) in [4.78, 5) is 37.6. The molecule has 5 aromatic rings. The van der Waals surface area contributed by atoms with Crippen LogP contribution in [0.4, 0.5) is 0 Å². The van der Waals surface area contributed by atoms with Gasteiger partial charge in [-0.15, -0.1) is 11.3 Å². The van der Waals surface area contributed by atoms with Crippen molar-refractivity contribution in [3.05, 3.63) is 88.1 Å². The zero-order valence-electron chi connectivity index (χ0n) is 19.7. The normalized spacial score (nSPS) is 12.2. The molecule has 1 atom stereocenters. The lowest BCUT2D eigenvalue weighted by molar-refractivity contribution is -0.140. The van der Waals surface area contributed by atoms with Crippen LogP contribution in [0.5, 0.6) is 5.75 Å². The van der Waals surface area contributed by atoms with E-state index in [-0.39, 0.29) is 23.3 Å². The Balaban J connectivity index is 1.55. The molecule has 0 spiro atoms. The van der Waals surface area contributed by atoms with E-state index in [4.69, 9.17) is 9.15 Å². The second-order valence-corrected chi connectivity index (χ2v) is 9.42. The molecule has 0 bridgehead atoms. The largest absolute Gasteiger partial charge is 0.507 e. The standard InChI is InChI=1S/C26H24N4O5S/c1-15-11-19(31)24(26(33)30(15)10-9-16-13-27-14-28-16)17(12-23(32)34-2)20-7-8-21(35-20)25-29-18-5-3-4-6-22(18)36-25/h3-8,11,13-14,17,31H,9-10,12H2,1-2H3,(H,27,28)/t17-/m1/s1. The number of fused-ring (bicyclic) bond motifs is 1. The number of benzene rings is 1. The molecule has 9 nitrogen and oxygen atoms in total. The van der Waals surface area contributed by atoms with Gasteiger partial charge in [0.1, 0.15) is 11.5 Å². The first-order chi connectivity index (χ1) is 17.4. The van der Waals surface area contributed by atoms with Crippen LogP contribution in [0.2, 0.25) is 0 Å². The van der Waals surface area contributed by atoms with E-state index in [0.717, 1.165) is 15.9 Å². The number of aromatic nitrogens is 4. The summed E-state index contributed by atoms with van der Waals surface area (Å²) in [6.45, 7) is 2.13. The highest BCUT2D eigenvalue weighted by atomic mass is 32.1. The number of aromatic amines is 1. The molecule has 0 unspecified atom stereocenters. The number of nitrogens with one attached hydrogen (secondary N) is 1. The molecule has 0 aliphatic carbocycles. The van der Waals surface area contributed by atoms with Crippen LogP contribution in [0, 0.1) is 6.92 Å². The summed E-state index contributed by atoms with van der Waals surface area (Å²) in [5, 5.41) is 11.5. The summed E-state index contributed by atoms with van der Waals surface area (Å²) >= 11 is 1.49. The predicted molar refractivity (Wildman–Crippen MR) is 135 cm³/mol. The Morgan fingerprint density at radius 1 is 1.28 bits per heavy atom. The van der Waals surface area contributed by atoms with Crippen molar-refractivity contribution < 1.29 is 19.1 Å². The minimum absolute atomic E-state index is 0.0841. The monoisotopic (exact) mass is 504 g/mol. The highest BCUT2D eigenvalue weighted by Gasteiger charge is 2.29. The lowest BCUT2D eigenvalue weighted by Crippen LogP contribution is -2.29. The number of aryl methyl sites for hydroxylation is 2. The molecular formula is C26H24N4O5S. The Hall–Kier alpha value is -4.18. The summed E-state index contributed by atoms with van der Waals surface area (Å²) in [6, 6.07) is 12.8. The fourth-order valence-electron chi connectivity index (χ4n) is 4.26. The Kier molecular flexibility index (Phi) is 6.43. The highest BCUT2D eigenvalue weighted by Crippen LogP contribution is 2.37. The molecule has 0 aliphatic heterocycles. The van der Waals surface area contributed by atoms with Crippen molar-refractivity contribution in [3.8, 4) is 16.5 Å². The SMILES string of the molecule is COC(=O)C[C@H](c1ccc(-c2nc3ccccc3s2)o1)c1c(O)cc(C)n(CCc2cnc[nH]2)c1=O. The fraction of sp³-hybridized carbons (Fsp3) is 0.231. The number of hydrogen-bond donors (Lipinski definition) is 2. The molecule has 10 heteroatoms. The predicted octanol–water partition coefficient (Wildman–Crippen LogP) is 4.39. The van der Waals surface area contributed by atoms with E-state index >= 15 is 0 Å². The number of nitrogens with zero attached hydrogens (tertiary/aromatic N) is 3. The molecule has 36 heavy (non-hydrogen) atoms. The molecular weight excluding hydrogens is 480 g/mol. The molecule has 0 fully saturated rings. The zero-order chi connectivity index (χ0) is 25.2. The third-order valence-electron chi connectivity index (χ3n) is 6.10. The van der Waals surface area contributed by atoms with Gasteiger partial charge in [0.2, 0.25) is 0 Å². The molecule has 0 amide bonds. The summed E-state index contributed by atoms with van der Waals surface area (Å²) in [5.74, 6) is -0.672. The van der Waals surface area contributed by atoms with Crippen molar-refractivity contribution in [2.75, 3.05) is 7.11 Å². The third-order valence-corrected chi connectivity index (χ3v) is 7.16. The number of hydrogen-bond acceptors (Lipinski definition) is 8. The number of rotatable bonds is 8. The molecule has 2 N–H and O–H groups in total. The van der Waals surface area contributed by atoms with Crippen LogP contribution in [0.15, 0.2) is 64.2 Å². The average molecular weight is 505 g/mol. The maximum absolute atomic E-state index is 13.6. The van der Waals surface area contributed by atoms with Gasteiger partial charge in [-0.3, -0.25) is 9.59 Å². The second kappa shape index (κ2) is 9.82. The van der Waals surface area contributed by atoms with Crippen molar-refractivity contribution >= 4 is 27.5 Å². The number of aromatic hydroxyl groups is 1. The van der Waals surface area contributed by atoms with Gasteiger partial charge in [0.05, 0.1) is 41.6 Å². The quantitative estimate of drug-likeness (QED) is 0.300. The molecule has 5 rings (SSSR count). The summed E-state index contributed by atoms with van der Waals surface area (Å²) in [6.07, 6.45) is 3.67. The van der Waals surface area contributed by atoms with E-state index in [9.17, 15) is 14.7 Å². The van der Waals surface area contributed by atoms with Crippen molar-refractivity contribution in [2.45, 2.75) is 32.2 Å². The second-order valence-electron chi connectivity index (χ2n) is 8.39. The van der Waals surface area contributed by atoms with Crippen LogP contribution in [-0.2, 0) is 22.5 Å². The van der Waals surface area contributed by atoms with Crippen LogP contribution < -0.4 is 5.56 Å². The summed E-state index contributed by atoms with van der Waals surface area (Å²) < 4.78 is 13.6. The number of methoxy groups -OCH3 is 1. The Labute approximate surface area is 210 Å². The van der Waals surface area contributed by atoms with Gasteiger partial charge in [0.25, 0.3) is 5.56 Å². The minimum atomic E-state index is -0.841. The number of carbonyl (C=O) groups excluding carboxylic acids is 1. The van der Waals surface area contributed by atoms with Gasteiger partial charge < -0.3 is 23.8 Å². The first-order valence-corrected chi connectivity index (χ1v) is 12.2. The zero-order valence-corrected chi connectivity index (χ0v) is 20.5. The molecule has 4 heterocycles. The average Bonchev–Trinajstić information content (AvgIpc) is 3.63. The fourth-order valence-corrected chi connectivity index (χ4v) is 5.18. The van der Waals surface area contributed by atoms with E-state index in [2.05, 4.69) is 15.0 Å². The minimum Gasteiger partial charge on any atom is -0.507 e. The van der Waals surface area contributed by atoms with E-state index in [1.54, 1.807) is 36.1 Å². The molecule has 0 radical (unpaired) electrons. The highest BCUT2D eigenvalue weighted by molar-refractivity contribution is 7.21. The van der Waals surface area contributed by atoms with Crippen molar-refractivity contribution in [1.82, 2.24) is 19.5 Å². The Bertz CT molecular complexity index is 1550. The number of para-hydroxylation sites is 1. The Morgan fingerprint density at radius 2 is 2.11 bits per heavy atom. The number of esters is 1.